The number of nitrogens with one attached hydrogen (secondary N) is 1. The molecule has 2 aromatic rings. The molecule has 1 unspecified atom stereocenters. The van der Waals surface area contributed by atoms with Gasteiger partial charge in [0.15, 0.2) is 0 Å². The maximum absolute atomic E-state index is 5.14. The monoisotopic (exact) mass is 243 g/mol. The average molecular weight is 243 g/mol. The van der Waals surface area contributed by atoms with Gasteiger partial charge in [-0.2, -0.15) is 0 Å². The highest BCUT2D eigenvalue weighted by atomic mass is 16.5. The van der Waals surface area contributed by atoms with Gasteiger partial charge in [0.25, 0.3) is 0 Å². The zero-order valence-electron chi connectivity index (χ0n) is 10.6. The Morgan fingerprint density at radius 3 is 2.44 bits per heavy atom. The van der Waals surface area contributed by atoms with Crippen molar-refractivity contribution in [3.63, 3.8) is 0 Å². The molecule has 1 aromatic carbocycles. The van der Waals surface area contributed by atoms with E-state index >= 15 is 0 Å². The minimum absolute atomic E-state index is 0.250. The second-order valence-corrected chi connectivity index (χ2v) is 4.04. The van der Waals surface area contributed by atoms with Crippen LogP contribution in [0.3, 0.4) is 0 Å². The second-order valence-electron chi connectivity index (χ2n) is 4.04. The molecule has 0 saturated carbocycles. The summed E-state index contributed by atoms with van der Waals surface area (Å²) in [5.41, 5.74) is 1.21. The van der Waals surface area contributed by atoms with E-state index in [1.165, 1.54) is 5.56 Å². The first-order valence-corrected chi connectivity index (χ1v) is 5.93. The van der Waals surface area contributed by atoms with Crippen molar-refractivity contribution in [2.75, 3.05) is 7.11 Å². The lowest BCUT2D eigenvalue weighted by Crippen LogP contribution is -2.19. The number of hydrogen-bond donors (Lipinski definition) is 1. The molecule has 1 N–H and O–H groups in total. The van der Waals surface area contributed by atoms with E-state index in [2.05, 4.69) is 34.3 Å². The Morgan fingerprint density at radius 2 is 1.83 bits per heavy atom. The topological polar surface area (TPSA) is 47.0 Å². The summed E-state index contributed by atoms with van der Waals surface area (Å²) in [5, 5.41) is 3.39. The quantitative estimate of drug-likeness (QED) is 0.875. The molecule has 1 heterocycles. The molecule has 18 heavy (non-hydrogen) atoms. The fraction of sp³-hybridized carbons (Fsp3) is 0.286. The van der Waals surface area contributed by atoms with Crippen LogP contribution in [0.5, 0.6) is 5.75 Å². The predicted octanol–water partition coefficient (Wildman–Crippen LogP) is 2.34. The smallest absolute Gasteiger partial charge is 0.141 e. The molecule has 4 heteroatoms. The van der Waals surface area contributed by atoms with Gasteiger partial charge in [-0.25, -0.2) is 9.97 Å². The molecule has 0 bridgehead atoms. The van der Waals surface area contributed by atoms with E-state index in [4.69, 9.17) is 4.74 Å². The highest BCUT2D eigenvalue weighted by molar-refractivity contribution is 5.28. The van der Waals surface area contributed by atoms with Crippen LogP contribution in [-0.4, -0.2) is 17.1 Å². The summed E-state index contributed by atoms with van der Waals surface area (Å²) in [6.07, 6.45) is 3.50. The fourth-order valence-corrected chi connectivity index (χ4v) is 1.68. The SMILES string of the molecule is COc1ccc(C(C)NCc2ncccn2)cc1. The first-order chi connectivity index (χ1) is 8.79. The molecule has 0 saturated heterocycles. The number of methoxy groups -OCH3 is 1. The molecule has 0 fully saturated rings. The molecule has 1 aromatic heterocycles. The van der Waals surface area contributed by atoms with Crippen molar-refractivity contribution in [1.82, 2.24) is 15.3 Å². The van der Waals surface area contributed by atoms with E-state index in [-0.39, 0.29) is 6.04 Å². The van der Waals surface area contributed by atoms with Gasteiger partial charge >= 0.3 is 0 Å². The molecule has 1 atom stereocenters. The van der Waals surface area contributed by atoms with Gasteiger partial charge < -0.3 is 10.1 Å². The minimum atomic E-state index is 0.250. The third-order valence-electron chi connectivity index (χ3n) is 2.80. The van der Waals surface area contributed by atoms with Gasteiger partial charge in [0, 0.05) is 18.4 Å². The lowest BCUT2D eigenvalue weighted by atomic mass is 10.1. The van der Waals surface area contributed by atoms with E-state index < -0.39 is 0 Å². The average Bonchev–Trinajstić information content (AvgIpc) is 2.46. The summed E-state index contributed by atoms with van der Waals surface area (Å²) in [6.45, 7) is 2.78. The van der Waals surface area contributed by atoms with Gasteiger partial charge in [-0.15, -0.1) is 0 Å². The van der Waals surface area contributed by atoms with Crippen LogP contribution in [-0.2, 0) is 6.54 Å². The van der Waals surface area contributed by atoms with Crippen LogP contribution in [0.15, 0.2) is 42.7 Å². The first kappa shape index (κ1) is 12.5. The highest BCUT2D eigenvalue weighted by Gasteiger charge is 2.05. The highest BCUT2D eigenvalue weighted by Crippen LogP contribution is 2.17. The van der Waals surface area contributed by atoms with Crippen LogP contribution in [0.2, 0.25) is 0 Å². The third-order valence-corrected chi connectivity index (χ3v) is 2.80. The van der Waals surface area contributed by atoms with Crippen LogP contribution < -0.4 is 10.1 Å². The molecule has 0 radical (unpaired) electrons. The Hall–Kier alpha value is -1.94. The number of ether oxygens (including phenoxy) is 1. The Kier molecular flexibility index (Phi) is 4.25. The van der Waals surface area contributed by atoms with Crippen LogP contribution in [0.25, 0.3) is 0 Å². The zero-order chi connectivity index (χ0) is 12.8. The van der Waals surface area contributed by atoms with Gasteiger partial charge in [0.2, 0.25) is 0 Å². The molecule has 0 aliphatic carbocycles. The Morgan fingerprint density at radius 1 is 1.17 bits per heavy atom. The normalized spacial score (nSPS) is 12.1. The van der Waals surface area contributed by atoms with Crippen molar-refractivity contribution in [3.8, 4) is 5.75 Å². The van der Waals surface area contributed by atoms with Gasteiger partial charge in [0.1, 0.15) is 11.6 Å². The van der Waals surface area contributed by atoms with Crippen molar-refractivity contribution >= 4 is 0 Å². The second kappa shape index (κ2) is 6.12. The van der Waals surface area contributed by atoms with Crippen LogP contribution in [0.4, 0.5) is 0 Å². The Balaban J connectivity index is 1.93. The molecular formula is C14H17N3O. The molecule has 0 spiro atoms. The van der Waals surface area contributed by atoms with Crippen LogP contribution in [0.1, 0.15) is 24.4 Å². The van der Waals surface area contributed by atoms with Gasteiger partial charge in [-0.05, 0) is 30.7 Å². The summed E-state index contributed by atoms with van der Waals surface area (Å²) >= 11 is 0. The molecule has 94 valence electrons. The van der Waals surface area contributed by atoms with Crippen molar-refractivity contribution in [2.45, 2.75) is 19.5 Å². The zero-order valence-corrected chi connectivity index (χ0v) is 10.6. The van der Waals surface area contributed by atoms with Crippen molar-refractivity contribution in [1.29, 1.82) is 0 Å². The van der Waals surface area contributed by atoms with Gasteiger partial charge in [-0.1, -0.05) is 12.1 Å². The number of benzene rings is 1. The number of rotatable bonds is 5. The Bertz CT molecular complexity index is 470. The molecule has 2 rings (SSSR count). The predicted molar refractivity (Wildman–Crippen MR) is 70.3 cm³/mol. The van der Waals surface area contributed by atoms with E-state index in [1.807, 2.05) is 18.2 Å². The standard InChI is InChI=1S/C14H17N3O/c1-11(12-4-6-13(18-2)7-5-12)17-10-14-15-8-3-9-16-14/h3-9,11,17H,10H2,1-2H3. The van der Waals surface area contributed by atoms with Gasteiger partial charge in [-0.3, -0.25) is 0 Å². The van der Waals surface area contributed by atoms with E-state index in [1.54, 1.807) is 19.5 Å². The molecule has 0 aliphatic heterocycles. The fourth-order valence-electron chi connectivity index (χ4n) is 1.68. The van der Waals surface area contributed by atoms with Crippen molar-refractivity contribution in [3.05, 3.63) is 54.1 Å². The summed E-state index contributed by atoms with van der Waals surface area (Å²) < 4.78 is 5.14. The van der Waals surface area contributed by atoms with Crippen LogP contribution in [0, 0.1) is 0 Å². The number of nitrogens with zero attached hydrogens (tertiary/aromatic N) is 2. The first-order valence-electron chi connectivity index (χ1n) is 5.93. The molecule has 0 amide bonds. The summed E-state index contributed by atoms with van der Waals surface area (Å²) in [4.78, 5) is 8.36. The van der Waals surface area contributed by atoms with E-state index in [9.17, 15) is 0 Å². The maximum Gasteiger partial charge on any atom is 0.141 e. The van der Waals surface area contributed by atoms with Crippen molar-refractivity contribution < 1.29 is 4.74 Å². The summed E-state index contributed by atoms with van der Waals surface area (Å²) in [6, 6.07) is 10.1. The molecular weight excluding hydrogens is 226 g/mol. The van der Waals surface area contributed by atoms with E-state index in [0.29, 0.717) is 6.54 Å². The van der Waals surface area contributed by atoms with E-state index in [0.717, 1.165) is 11.6 Å². The minimum Gasteiger partial charge on any atom is -0.497 e. The van der Waals surface area contributed by atoms with Gasteiger partial charge in [0.05, 0.1) is 13.7 Å². The van der Waals surface area contributed by atoms with Crippen LogP contribution >= 0.6 is 0 Å². The summed E-state index contributed by atoms with van der Waals surface area (Å²) in [7, 11) is 1.67. The largest absolute Gasteiger partial charge is 0.497 e. The Labute approximate surface area is 107 Å². The lowest BCUT2D eigenvalue weighted by molar-refractivity contribution is 0.414. The molecule has 0 aliphatic rings. The maximum atomic E-state index is 5.14. The lowest BCUT2D eigenvalue weighted by Gasteiger charge is -2.14. The third kappa shape index (κ3) is 3.28. The summed E-state index contributed by atoms with van der Waals surface area (Å²) in [5.74, 6) is 1.68. The number of hydrogen-bond acceptors (Lipinski definition) is 4. The molecule has 4 nitrogen and oxygen atoms in total. The van der Waals surface area contributed by atoms with Crippen molar-refractivity contribution in [2.24, 2.45) is 0 Å². The number of aromatic nitrogens is 2.